The van der Waals surface area contributed by atoms with Gasteiger partial charge >= 0.3 is 0 Å². The first-order chi connectivity index (χ1) is 11.9. The lowest BCUT2D eigenvalue weighted by molar-refractivity contribution is 0.352. The predicted octanol–water partition coefficient (Wildman–Crippen LogP) is 2.30. The van der Waals surface area contributed by atoms with E-state index in [1.54, 1.807) is 0 Å². The zero-order valence-electron chi connectivity index (χ0n) is 13.2. The first-order valence-electron chi connectivity index (χ1n) is 7.05. The fourth-order valence-electron chi connectivity index (χ4n) is 2.52. The molecule has 3 aromatic rings. The Hall–Kier alpha value is -3.55. The Morgan fingerprint density at radius 2 is 1.56 bits per heavy atom. The van der Waals surface area contributed by atoms with Crippen LogP contribution in [0.3, 0.4) is 0 Å². The molecule has 0 aliphatic rings. The van der Waals surface area contributed by atoms with Crippen LogP contribution in [0.25, 0.3) is 22.3 Å². The number of hydrogen-bond acceptors (Lipinski definition) is 8. The lowest BCUT2D eigenvalue weighted by Crippen LogP contribution is -2.09. The van der Waals surface area contributed by atoms with Crippen LogP contribution in [0, 0.1) is 0 Å². The SMILES string of the molecule is COc1c(-c2ccc(O)c(O)c2)oc2cc(O)c(O)c(OC)c2c1=O. The van der Waals surface area contributed by atoms with Crippen LogP contribution in [0.5, 0.6) is 34.5 Å². The van der Waals surface area contributed by atoms with Gasteiger partial charge in [-0.2, -0.15) is 0 Å². The van der Waals surface area contributed by atoms with E-state index in [4.69, 9.17) is 13.9 Å². The molecule has 0 radical (unpaired) electrons. The molecule has 2 aromatic carbocycles. The van der Waals surface area contributed by atoms with E-state index >= 15 is 0 Å². The van der Waals surface area contributed by atoms with Crippen LogP contribution >= 0.6 is 0 Å². The average Bonchev–Trinajstić information content (AvgIpc) is 2.59. The highest BCUT2D eigenvalue weighted by Crippen LogP contribution is 2.43. The van der Waals surface area contributed by atoms with Crippen molar-refractivity contribution in [2.75, 3.05) is 14.2 Å². The summed E-state index contributed by atoms with van der Waals surface area (Å²) in [5.41, 5.74) is -0.434. The molecule has 0 saturated heterocycles. The number of phenolic OH excluding ortho intramolecular Hbond substituents is 4. The molecule has 0 bridgehead atoms. The topological polar surface area (TPSA) is 130 Å². The van der Waals surface area contributed by atoms with E-state index in [2.05, 4.69) is 0 Å². The Morgan fingerprint density at radius 3 is 2.16 bits per heavy atom. The van der Waals surface area contributed by atoms with Crippen molar-refractivity contribution in [1.82, 2.24) is 0 Å². The van der Waals surface area contributed by atoms with Gasteiger partial charge in [0.05, 0.1) is 14.2 Å². The molecule has 1 heterocycles. The summed E-state index contributed by atoms with van der Waals surface area (Å²) in [6, 6.07) is 4.90. The van der Waals surface area contributed by atoms with Crippen LogP contribution < -0.4 is 14.9 Å². The molecule has 4 N–H and O–H groups in total. The minimum absolute atomic E-state index is 0.0255. The van der Waals surface area contributed by atoms with E-state index in [0.717, 1.165) is 6.07 Å². The van der Waals surface area contributed by atoms with Gasteiger partial charge in [-0.15, -0.1) is 0 Å². The van der Waals surface area contributed by atoms with Crippen LogP contribution in [0.4, 0.5) is 0 Å². The van der Waals surface area contributed by atoms with Crippen molar-refractivity contribution in [2.24, 2.45) is 0 Å². The fourth-order valence-corrected chi connectivity index (χ4v) is 2.52. The van der Waals surface area contributed by atoms with Crippen molar-refractivity contribution < 1.29 is 34.3 Å². The molecule has 0 fully saturated rings. The highest BCUT2D eigenvalue weighted by molar-refractivity contribution is 5.91. The fraction of sp³-hybridized carbons (Fsp3) is 0.118. The van der Waals surface area contributed by atoms with Gasteiger partial charge in [0.2, 0.25) is 16.9 Å². The van der Waals surface area contributed by atoms with E-state index < -0.39 is 22.7 Å². The summed E-state index contributed by atoms with van der Waals surface area (Å²) in [6.45, 7) is 0. The largest absolute Gasteiger partial charge is 0.504 e. The lowest BCUT2D eigenvalue weighted by Gasteiger charge is -2.13. The summed E-state index contributed by atoms with van der Waals surface area (Å²) in [5, 5.41) is 38.7. The molecule has 0 spiro atoms. The number of phenols is 4. The normalized spacial score (nSPS) is 10.8. The number of aromatic hydroxyl groups is 4. The molecular formula is C17H14O8. The number of hydrogen-bond donors (Lipinski definition) is 4. The molecule has 0 aliphatic heterocycles. The number of benzene rings is 2. The average molecular weight is 346 g/mol. The van der Waals surface area contributed by atoms with E-state index in [-0.39, 0.29) is 39.5 Å². The van der Waals surface area contributed by atoms with Gasteiger partial charge in [-0.3, -0.25) is 4.79 Å². The summed E-state index contributed by atoms with van der Waals surface area (Å²) in [5.74, 6) is -2.34. The Bertz CT molecular complexity index is 1040. The highest BCUT2D eigenvalue weighted by atomic mass is 16.5. The van der Waals surface area contributed by atoms with Gasteiger partial charge in [0.1, 0.15) is 11.0 Å². The van der Waals surface area contributed by atoms with E-state index in [1.807, 2.05) is 0 Å². The Morgan fingerprint density at radius 1 is 0.880 bits per heavy atom. The number of fused-ring (bicyclic) bond motifs is 1. The molecule has 0 amide bonds. The molecule has 8 heteroatoms. The molecule has 1 aromatic heterocycles. The van der Waals surface area contributed by atoms with Gasteiger partial charge in [0.15, 0.2) is 28.8 Å². The predicted molar refractivity (Wildman–Crippen MR) is 87.7 cm³/mol. The third-order valence-electron chi connectivity index (χ3n) is 3.70. The molecule has 25 heavy (non-hydrogen) atoms. The number of rotatable bonds is 3. The van der Waals surface area contributed by atoms with Gasteiger partial charge < -0.3 is 34.3 Å². The molecule has 0 atom stereocenters. The van der Waals surface area contributed by atoms with Crippen molar-refractivity contribution in [3.8, 4) is 45.8 Å². The van der Waals surface area contributed by atoms with Crippen LogP contribution in [0.2, 0.25) is 0 Å². The Kier molecular flexibility index (Phi) is 3.80. The van der Waals surface area contributed by atoms with Gasteiger partial charge in [0.25, 0.3) is 0 Å². The van der Waals surface area contributed by atoms with Crippen molar-refractivity contribution in [2.45, 2.75) is 0 Å². The van der Waals surface area contributed by atoms with Gasteiger partial charge in [0, 0.05) is 11.6 Å². The summed E-state index contributed by atoms with van der Waals surface area (Å²) in [7, 11) is 2.49. The summed E-state index contributed by atoms with van der Waals surface area (Å²) in [6.07, 6.45) is 0. The maximum absolute atomic E-state index is 12.8. The van der Waals surface area contributed by atoms with Crippen LogP contribution in [-0.2, 0) is 0 Å². The van der Waals surface area contributed by atoms with Crippen LogP contribution in [-0.4, -0.2) is 34.6 Å². The van der Waals surface area contributed by atoms with Crippen molar-refractivity contribution >= 4 is 11.0 Å². The van der Waals surface area contributed by atoms with Gasteiger partial charge in [-0.1, -0.05) is 0 Å². The molecule has 0 saturated carbocycles. The van der Waals surface area contributed by atoms with E-state index in [0.29, 0.717) is 0 Å². The summed E-state index contributed by atoms with van der Waals surface area (Å²) in [4.78, 5) is 12.8. The number of ether oxygens (including phenoxy) is 2. The zero-order valence-corrected chi connectivity index (χ0v) is 13.2. The third kappa shape index (κ3) is 2.44. The second-order valence-corrected chi connectivity index (χ2v) is 5.15. The van der Waals surface area contributed by atoms with Crippen molar-refractivity contribution in [1.29, 1.82) is 0 Å². The van der Waals surface area contributed by atoms with Crippen LogP contribution in [0.1, 0.15) is 0 Å². The highest BCUT2D eigenvalue weighted by Gasteiger charge is 2.24. The van der Waals surface area contributed by atoms with E-state index in [9.17, 15) is 25.2 Å². The van der Waals surface area contributed by atoms with Gasteiger partial charge in [-0.25, -0.2) is 0 Å². The van der Waals surface area contributed by atoms with Crippen molar-refractivity contribution in [3.63, 3.8) is 0 Å². The summed E-state index contributed by atoms with van der Waals surface area (Å²) < 4.78 is 15.8. The Labute approximate surface area is 140 Å². The maximum atomic E-state index is 12.8. The second kappa shape index (κ2) is 5.82. The minimum atomic E-state index is -0.640. The monoisotopic (exact) mass is 346 g/mol. The quantitative estimate of drug-likeness (QED) is 0.532. The maximum Gasteiger partial charge on any atom is 0.239 e. The minimum Gasteiger partial charge on any atom is -0.504 e. The molecule has 3 rings (SSSR count). The molecule has 0 aliphatic carbocycles. The standard InChI is InChI=1S/C17H14O8/c1-23-16-12-11(6-10(20)13(16)21)25-15(17(24-2)14(12)22)7-3-4-8(18)9(19)5-7/h3-6,18-21H,1-2H3. The smallest absolute Gasteiger partial charge is 0.239 e. The Balaban J connectivity index is 2.44. The first kappa shape index (κ1) is 16.3. The zero-order chi connectivity index (χ0) is 18.3. The number of methoxy groups -OCH3 is 2. The van der Waals surface area contributed by atoms with Gasteiger partial charge in [-0.05, 0) is 18.2 Å². The molecule has 0 unspecified atom stereocenters. The lowest BCUT2D eigenvalue weighted by atomic mass is 10.1. The van der Waals surface area contributed by atoms with Crippen molar-refractivity contribution in [3.05, 3.63) is 34.5 Å². The third-order valence-corrected chi connectivity index (χ3v) is 3.70. The summed E-state index contributed by atoms with van der Waals surface area (Å²) >= 11 is 0. The molecule has 130 valence electrons. The molecular weight excluding hydrogens is 332 g/mol. The first-order valence-corrected chi connectivity index (χ1v) is 7.05. The van der Waals surface area contributed by atoms with Crippen LogP contribution in [0.15, 0.2) is 33.5 Å². The molecule has 8 nitrogen and oxygen atoms in total. The van der Waals surface area contributed by atoms with E-state index in [1.165, 1.54) is 32.4 Å². The second-order valence-electron chi connectivity index (χ2n) is 5.15.